The molecule has 1 aromatic heterocycles. The summed E-state index contributed by atoms with van der Waals surface area (Å²) in [5, 5.41) is 12.8. The average Bonchev–Trinajstić information content (AvgIpc) is 2.55. The first-order valence-electron chi connectivity index (χ1n) is 7.47. The molecule has 1 amide bonds. The molecule has 1 aromatic carbocycles. The fourth-order valence-corrected chi connectivity index (χ4v) is 2.74. The van der Waals surface area contributed by atoms with Crippen LogP contribution in [0.15, 0.2) is 48.8 Å². The van der Waals surface area contributed by atoms with E-state index in [1.165, 1.54) is 0 Å². The largest absolute Gasteiger partial charge is 0.508 e. The number of carbonyl (C=O) groups is 1. The van der Waals surface area contributed by atoms with Crippen LogP contribution in [0.5, 0.6) is 5.75 Å². The Kier molecular flexibility index (Phi) is 4.34. The van der Waals surface area contributed by atoms with Gasteiger partial charge in [-0.2, -0.15) is 0 Å². The van der Waals surface area contributed by atoms with Crippen molar-refractivity contribution in [2.45, 2.75) is 25.4 Å². The van der Waals surface area contributed by atoms with Crippen molar-refractivity contribution >= 4 is 11.6 Å². The zero-order valence-corrected chi connectivity index (χ0v) is 12.3. The van der Waals surface area contributed by atoms with Crippen molar-refractivity contribution in [2.24, 2.45) is 0 Å². The standard InChI is InChI=1S/C17H19N3O2/c21-15-6-1-4-13(10-15)11-19-16-7-3-9-20(17(16)22)14-5-2-8-18-12-14/h1-2,4-6,8,10,12,16,19,21H,3,7,9,11H2/t16-/m0/s1. The maximum atomic E-state index is 12.6. The number of aromatic hydroxyl groups is 1. The molecule has 5 heteroatoms. The first-order chi connectivity index (χ1) is 10.7. The van der Waals surface area contributed by atoms with Gasteiger partial charge in [0.05, 0.1) is 17.9 Å². The van der Waals surface area contributed by atoms with E-state index in [-0.39, 0.29) is 17.7 Å². The van der Waals surface area contributed by atoms with Gasteiger partial charge in [0, 0.05) is 19.3 Å². The highest BCUT2D eigenvalue weighted by atomic mass is 16.3. The number of phenolic OH excluding ortho intramolecular Hbond substituents is 1. The van der Waals surface area contributed by atoms with Gasteiger partial charge < -0.3 is 15.3 Å². The van der Waals surface area contributed by atoms with Crippen molar-refractivity contribution in [2.75, 3.05) is 11.4 Å². The van der Waals surface area contributed by atoms with Gasteiger partial charge in [0.15, 0.2) is 0 Å². The number of anilines is 1. The van der Waals surface area contributed by atoms with Gasteiger partial charge >= 0.3 is 0 Å². The zero-order valence-electron chi connectivity index (χ0n) is 12.3. The second-order valence-corrected chi connectivity index (χ2v) is 5.45. The van der Waals surface area contributed by atoms with E-state index in [0.29, 0.717) is 6.54 Å². The number of pyridine rings is 1. The number of nitrogens with zero attached hydrogens (tertiary/aromatic N) is 2. The second kappa shape index (κ2) is 6.58. The number of hydrogen-bond donors (Lipinski definition) is 2. The smallest absolute Gasteiger partial charge is 0.244 e. The second-order valence-electron chi connectivity index (χ2n) is 5.45. The summed E-state index contributed by atoms with van der Waals surface area (Å²) in [7, 11) is 0. The Morgan fingerprint density at radius 3 is 3.00 bits per heavy atom. The lowest BCUT2D eigenvalue weighted by atomic mass is 10.0. The predicted molar refractivity (Wildman–Crippen MR) is 84.6 cm³/mol. The van der Waals surface area contributed by atoms with Gasteiger partial charge in [0.25, 0.3) is 0 Å². The van der Waals surface area contributed by atoms with Crippen LogP contribution in [0.25, 0.3) is 0 Å². The van der Waals surface area contributed by atoms with Crippen LogP contribution in [0, 0.1) is 0 Å². The lowest BCUT2D eigenvalue weighted by Crippen LogP contribution is -2.50. The van der Waals surface area contributed by atoms with Crippen LogP contribution in [0.2, 0.25) is 0 Å². The van der Waals surface area contributed by atoms with E-state index >= 15 is 0 Å². The molecule has 114 valence electrons. The lowest BCUT2D eigenvalue weighted by Gasteiger charge is -2.32. The fraction of sp³-hybridized carbons (Fsp3) is 0.294. The van der Waals surface area contributed by atoms with Crippen molar-refractivity contribution in [1.82, 2.24) is 10.3 Å². The quantitative estimate of drug-likeness (QED) is 0.907. The van der Waals surface area contributed by atoms with Crippen LogP contribution in [0.4, 0.5) is 5.69 Å². The van der Waals surface area contributed by atoms with Gasteiger partial charge in [-0.3, -0.25) is 9.78 Å². The average molecular weight is 297 g/mol. The Hall–Kier alpha value is -2.40. The summed E-state index contributed by atoms with van der Waals surface area (Å²) in [6.07, 6.45) is 5.21. The van der Waals surface area contributed by atoms with Crippen LogP contribution in [-0.4, -0.2) is 28.6 Å². The minimum atomic E-state index is -0.198. The van der Waals surface area contributed by atoms with E-state index in [1.54, 1.807) is 35.5 Å². The Labute approximate surface area is 129 Å². The summed E-state index contributed by atoms with van der Waals surface area (Å²) in [6.45, 7) is 1.29. The maximum Gasteiger partial charge on any atom is 0.244 e. The van der Waals surface area contributed by atoms with E-state index < -0.39 is 0 Å². The number of rotatable bonds is 4. The molecule has 0 saturated carbocycles. The number of piperidine rings is 1. The van der Waals surface area contributed by atoms with E-state index in [4.69, 9.17) is 0 Å². The number of aromatic nitrogens is 1. The van der Waals surface area contributed by atoms with Gasteiger partial charge in [-0.05, 0) is 42.7 Å². The summed E-state index contributed by atoms with van der Waals surface area (Å²) >= 11 is 0. The number of benzene rings is 1. The molecule has 1 saturated heterocycles. The highest BCUT2D eigenvalue weighted by molar-refractivity contribution is 5.97. The molecule has 1 aliphatic rings. The van der Waals surface area contributed by atoms with Gasteiger partial charge in [-0.25, -0.2) is 0 Å². The third-order valence-corrected chi connectivity index (χ3v) is 3.86. The number of nitrogens with one attached hydrogen (secondary N) is 1. The highest BCUT2D eigenvalue weighted by Gasteiger charge is 2.29. The first kappa shape index (κ1) is 14.5. The van der Waals surface area contributed by atoms with Crippen LogP contribution >= 0.6 is 0 Å². The monoisotopic (exact) mass is 297 g/mol. The summed E-state index contributed by atoms with van der Waals surface area (Å²) in [5.74, 6) is 0.325. The van der Waals surface area contributed by atoms with E-state index in [2.05, 4.69) is 10.3 Å². The van der Waals surface area contributed by atoms with Gasteiger partial charge in [0.2, 0.25) is 5.91 Å². The van der Waals surface area contributed by atoms with Crippen molar-refractivity contribution in [3.63, 3.8) is 0 Å². The summed E-state index contributed by atoms with van der Waals surface area (Å²) in [4.78, 5) is 18.5. The van der Waals surface area contributed by atoms with Crippen LogP contribution in [0.1, 0.15) is 18.4 Å². The molecular weight excluding hydrogens is 278 g/mol. The molecule has 2 aromatic rings. The Bertz CT molecular complexity index is 645. The fourth-order valence-electron chi connectivity index (χ4n) is 2.74. The minimum Gasteiger partial charge on any atom is -0.508 e. The SMILES string of the molecule is O=C1[C@@H](NCc2cccc(O)c2)CCCN1c1cccnc1. The molecule has 1 fully saturated rings. The van der Waals surface area contributed by atoms with Crippen LogP contribution in [-0.2, 0) is 11.3 Å². The van der Waals surface area contributed by atoms with E-state index in [0.717, 1.165) is 30.6 Å². The van der Waals surface area contributed by atoms with E-state index in [9.17, 15) is 9.90 Å². The summed E-state index contributed by atoms with van der Waals surface area (Å²) in [6, 6.07) is 10.6. The van der Waals surface area contributed by atoms with Gasteiger partial charge in [-0.15, -0.1) is 0 Å². The van der Waals surface area contributed by atoms with Crippen molar-refractivity contribution < 1.29 is 9.90 Å². The minimum absolute atomic E-state index is 0.0828. The molecule has 2 heterocycles. The molecule has 0 spiro atoms. The third kappa shape index (κ3) is 3.26. The Morgan fingerprint density at radius 1 is 1.32 bits per heavy atom. The number of hydrogen-bond acceptors (Lipinski definition) is 4. The molecule has 5 nitrogen and oxygen atoms in total. The molecular formula is C17H19N3O2. The molecule has 1 atom stereocenters. The molecule has 3 rings (SSSR count). The Balaban J connectivity index is 1.65. The lowest BCUT2D eigenvalue weighted by molar-refractivity contribution is -0.121. The van der Waals surface area contributed by atoms with Crippen molar-refractivity contribution in [3.8, 4) is 5.75 Å². The van der Waals surface area contributed by atoms with Crippen molar-refractivity contribution in [3.05, 3.63) is 54.4 Å². The Morgan fingerprint density at radius 2 is 2.23 bits per heavy atom. The van der Waals surface area contributed by atoms with Gasteiger partial charge in [-0.1, -0.05) is 12.1 Å². The third-order valence-electron chi connectivity index (χ3n) is 3.86. The van der Waals surface area contributed by atoms with Crippen LogP contribution < -0.4 is 10.2 Å². The molecule has 0 bridgehead atoms. The highest BCUT2D eigenvalue weighted by Crippen LogP contribution is 2.20. The topological polar surface area (TPSA) is 65.5 Å². The summed E-state index contributed by atoms with van der Waals surface area (Å²) in [5.41, 5.74) is 1.81. The van der Waals surface area contributed by atoms with Crippen molar-refractivity contribution in [1.29, 1.82) is 0 Å². The summed E-state index contributed by atoms with van der Waals surface area (Å²) < 4.78 is 0. The molecule has 0 radical (unpaired) electrons. The number of amides is 1. The zero-order chi connectivity index (χ0) is 15.4. The molecule has 22 heavy (non-hydrogen) atoms. The number of carbonyl (C=O) groups excluding carboxylic acids is 1. The van der Waals surface area contributed by atoms with E-state index in [1.807, 2.05) is 18.2 Å². The van der Waals surface area contributed by atoms with Crippen LogP contribution in [0.3, 0.4) is 0 Å². The molecule has 0 unspecified atom stereocenters. The first-order valence-corrected chi connectivity index (χ1v) is 7.47. The number of phenols is 1. The molecule has 2 N–H and O–H groups in total. The molecule has 1 aliphatic heterocycles. The normalized spacial score (nSPS) is 18.5. The predicted octanol–water partition coefficient (Wildman–Crippen LogP) is 2.07. The maximum absolute atomic E-state index is 12.6. The van der Waals surface area contributed by atoms with Gasteiger partial charge in [0.1, 0.15) is 5.75 Å². The molecule has 0 aliphatic carbocycles.